The van der Waals surface area contributed by atoms with Crippen molar-refractivity contribution in [2.24, 2.45) is 0 Å². The first-order valence-electron chi connectivity index (χ1n) is 7.73. The number of carbonyl (C=O) groups is 2. The van der Waals surface area contributed by atoms with Gasteiger partial charge in [-0.3, -0.25) is 9.78 Å². The van der Waals surface area contributed by atoms with E-state index in [-0.39, 0.29) is 6.54 Å². The summed E-state index contributed by atoms with van der Waals surface area (Å²) in [5, 5.41) is 4.56. The zero-order valence-corrected chi connectivity index (χ0v) is 14.2. The van der Waals surface area contributed by atoms with E-state index in [1.54, 1.807) is 32.9 Å². The number of rotatable bonds is 4. The summed E-state index contributed by atoms with van der Waals surface area (Å²) in [4.78, 5) is 26.8. The van der Waals surface area contributed by atoms with Crippen LogP contribution in [0.25, 0.3) is 0 Å². The number of aromatic nitrogens is 1. The lowest BCUT2D eigenvalue weighted by atomic mass is 10.1. The zero-order chi connectivity index (χ0) is 18.9. The third kappa shape index (κ3) is 5.33. The van der Waals surface area contributed by atoms with Gasteiger partial charge in [0.15, 0.2) is 0 Å². The van der Waals surface area contributed by atoms with Crippen molar-refractivity contribution in [1.29, 1.82) is 0 Å². The predicted molar refractivity (Wildman–Crippen MR) is 82.4 cm³/mol. The SMILES string of the molecule is CC(C)(C)OC(=O)NCc1ccc(C2(NC(=O)C(F)(F)F)CC2)cn1. The van der Waals surface area contributed by atoms with E-state index in [0.29, 0.717) is 24.1 Å². The van der Waals surface area contributed by atoms with E-state index in [4.69, 9.17) is 4.74 Å². The van der Waals surface area contributed by atoms with Crippen LogP contribution in [0.1, 0.15) is 44.9 Å². The molecule has 2 N–H and O–H groups in total. The molecule has 0 spiro atoms. The van der Waals surface area contributed by atoms with Gasteiger partial charge in [-0.15, -0.1) is 0 Å². The standard InChI is InChI=1S/C16H20F3N3O3/c1-14(2,3)25-13(24)21-9-11-5-4-10(8-20-11)15(6-7-15)22-12(23)16(17,18)19/h4-5,8H,6-7,9H2,1-3H3,(H,21,24)(H,22,23). The molecule has 2 amide bonds. The van der Waals surface area contributed by atoms with E-state index in [9.17, 15) is 22.8 Å². The van der Waals surface area contributed by atoms with E-state index >= 15 is 0 Å². The molecule has 0 aliphatic heterocycles. The molecule has 1 saturated carbocycles. The Morgan fingerprint density at radius 1 is 1.24 bits per heavy atom. The van der Waals surface area contributed by atoms with Gasteiger partial charge in [0, 0.05) is 6.20 Å². The minimum Gasteiger partial charge on any atom is -0.444 e. The highest BCUT2D eigenvalue weighted by Crippen LogP contribution is 2.45. The number of hydrogen-bond acceptors (Lipinski definition) is 4. The Balaban J connectivity index is 1.94. The van der Waals surface area contributed by atoms with Crippen LogP contribution in [0, 0.1) is 0 Å². The first-order chi connectivity index (χ1) is 11.4. The number of nitrogens with one attached hydrogen (secondary N) is 2. The van der Waals surface area contributed by atoms with Gasteiger partial charge in [-0.1, -0.05) is 6.07 Å². The van der Waals surface area contributed by atoms with E-state index in [0.717, 1.165) is 0 Å². The van der Waals surface area contributed by atoms with Crippen LogP contribution in [0.15, 0.2) is 18.3 Å². The molecule has 1 aliphatic carbocycles. The Morgan fingerprint density at radius 2 is 1.88 bits per heavy atom. The maximum Gasteiger partial charge on any atom is 0.471 e. The lowest BCUT2D eigenvalue weighted by molar-refractivity contribution is -0.174. The van der Waals surface area contributed by atoms with E-state index < -0.39 is 29.3 Å². The van der Waals surface area contributed by atoms with Crippen LogP contribution in [-0.2, 0) is 21.6 Å². The second-order valence-corrected chi connectivity index (χ2v) is 6.93. The van der Waals surface area contributed by atoms with Gasteiger partial charge in [0.25, 0.3) is 0 Å². The number of halogens is 3. The lowest BCUT2D eigenvalue weighted by Crippen LogP contribution is -2.43. The van der Waals surface area contributed by atoms with Gasteiger partial charge in [-0.2, -0.15) is 13.2 Å². The number of ether oxygens (including phenoxy) is 1. The third-order valence-electron chi connectivity index (χ3n) is 3.55. The van der Waals surface area contributed by atoms with Crippen LogP contribution in [0.4, 0.5) is 18.0 Å². The molecule has 138 valence electrons. The van der Waals surface area contributed by atoms with Crippen molar-refractivity contribution < 1.29 is 27.5 Å². The van der Waals surface area contributed by atoms with Crippen molar-refractivity contribution in [2.75, 3.05) is 0 Å². The van der Waals surface area contributed by atoms with Crippen LogP contribution in [0.3, 0.4) is 0 Å². The Kier molecular flexibility index (Phi) is 4.97. The topological polar surface area (TPSA) is 80.3 Å². The van der Waals surface area contributed by atoms with Crippen LogP contribution < -0.4 is 10.6 Å². The molecule has 1 aliphatic rings. The molecular formula is C16H20F3N3O3. The van der Waals surface area contributed by atoms with Crippen LogP contribution >= 0.6 is 0 Å². The summed E-state index contributed by atoms with van der Waals surface area (Å²) in [6.45, 7) is 5.34. The van der Waals surface area contributed by atoms with Crippen molar-refractivity contribution in [3.63, 3.8) is 0 Å². The Hall–Kier alpha value is -2.32. The number of nitrogens with zero attached hydrogens (tertiary/aromatic N) is 1. The molecule has 1 aromatic rings. The molecule has 6 nitrogen and oxygen atoms in total. The van der Waals surface area contributed by atoms with Crippen LogP contribution in [0.5, 0.6) is 0 Å². The highest BCUT2D eigenvalue weighted by atomic mass is 19.4. The molecule has 1 aromatic heterocycles. The summed E-state index contributed by atoms with van der Waals surface area (Å²) in [5.74, 6) is -1.96. The van der Waals surface area contributed by atoms with Gasteiger partial charge in [0.05, 0.1) is 17.8 Å². The second kappa shape index (κ2) is 6.53. The molecule has 0 aromatic carbocycles. The molecule has 0 bridgehead atoms. The fourth-order valence-corrected chi connectivity index (χ4v) is 2.19. The number of carbonyl (C=O) groups excluding carboxylic acids is 2. The summed E-state index contributed by atoms with van der Waals surface area (Å²) in [6, 6.07) is 3.19. The summed E-state index contributed by atoms with van der Waals surface area (Å²) < 4.78 is 42.3. The highest BCUT2D eigenvalue weighted by molar-refractivity contribution is 5.83. The smallest absolute Gasteiger partial charge is 0.444 e. The van der Waals surface area contributed by atoms with E-state index in [2.05, 4.69) is 10.3 Å². The quantitative estimate of drug-likeness (QED) is 0.866. The average Bonchev–Trinajstić information content (AvgIpc) is 3.23. The number of hydrogen-bond donors (Lipinski definition) is 2. The van der Waals surface area contributed by atoms with Crippen LogP contribution in [-0.4, -0.2) is 28.8 Å². The largest absolute Gasteiger partial charge is 0.471 e. The molecular weight excluding hydrogens is 339 g/mol. The Morgan fingerprint density at radius 3 is 2.32 bits per heavy atom. The minimum atomic E-state index is -4.92. The first-order valence-corrected chi connectivity index (χ1v) is 7.73. The number of pyridine rings is 1. The molecule has 25 heavy (non-hydrogen) atoms. The summed E-state index contributed by atoms with van der Waals surface area (Å²) in [5.41, 5.74) is -0.591. The van der Waals surface area contributed by atoms with Gasteiger partial charge in [-0.25, -0.2) is 4.79 Å². The first kappa shape index (κ1) is 19.0. The van der Waals surface area contributed by atoms with E-state index in [1.807, 2.05) is 5.32 Å². The second-order valence-electron chi connectivity index (χ2n) is 6.93. The summed E-state index contributed by atoms with van der Waals surface area (Å²) in [6.07, 6.45) is -3.25. The molecule has 0 saturated heterocycles. The van der Waals surface area contributed by atoms with Crippen molar-refractivity contribution >= 4 is 12.0 Å². The number of alkyl carbamates (subject to hydrolysis) is 1. The molecule has 9 heteroatoms. The third-order valence-corrected chi connectivity index (χ3v) is 3.55. The van der Waals surface area contributed by atoms with Crippen molar-refractivity contribution in [2.45, 2.75) is 57.5 Å². The molecule has 1 heterocycles. The maximum atomic E-state index is 12.4. The zero-order valence-electron chi connectivity index (χ0n) is 14.2. The van der Waals surface area contributed by atoms with Gasteiger partial charge < -0.3 is 15.4 Å². The Labute approximate surface area is 143 Å². The molecule has 2 rings (SSSR count). The molecule has 0 radical (unpaired) electrons. The maximum absolute atomic E-state index is 12.4. The fourth-order valence-electron chi connectivity index (χ4n) is 2.19. The number of alkyl halides is 3. The lowest BCUT2D eigenvalue weighted by Gasteiger charge is -2.20. The number of amides is 2. The van der Waals surface area contributed by atoms with Gasteiger partial charge in [0.1, 0.15) is 5.60 Å². The van der Waals surface area contributed by atoms with Gasteiger partial charge in [0.2, 0.25) is 0 Å². The van der Waals surface area contributed by atoms with Gasteiger partial charge >= 0.3 is 18.2 Å². The van der Waals surface area contributed by atoms with Crippen molar-refractivity contribution in [3.8, 4) is 0 Å². The molecule has 1 fully saturated rings. The van der Waals surface area contributed by atoms with Crippen molar-refractivity contribution in [1.82, 2.24) is 15.6 Å². The van der Waals surface area contributed by atoms with E-state index in [1.165, 1.54) is 6.20 Å². The monoisotopic (exact) mass is 359 g/mol. The van der Waals surface area contributed by atoms with Crippen molar-refractivity contribution in [3.05, 3.63) is 29.6 Å². The summed E-state index contributed by atoms with van der Waals surface area (Å²) >= 11 is 0. The van der Waals surface area contributed by atoms with Gasteiger partial charge in [-0.05, 0) is 45.2 Å². The highest BCUT2D eigenvalue weighted by Gasteiger charge is 2.51. The molecule has 0 atom stereocenters. The van der Waals surface area contributed by atoms with Crippen LogP contribution in [0.2, 0.25) is 0 Å². The summed E-state index contributed by atoms with van der Waals surface area (Å²) in [7, 11) is 0. The minimum absolute atomic E-state index is 0.122. The normalized spacial score (nSPS) is 16.1. The average molecular weight is 359 g/mol. The molecule has 0 unspecified atom stereocenters. The Bertz CT molecular complexity index is 647. The predicted octanol–water partition coefficient (Wildman–Crippen LogP) is 2.77. The fraction of sp³-hybridized carbons (Fsp3) is 0.562.